The molecule has 7 nitrogen and oxygen atoms in total. The molecule has 2 heterocycles. The standard InChI is InChI=1S/C22H21ClN4O3/c1-15-6-8-18(9-7-15)27-20-19(21(28)26(22(27)29)10-11-30-2)25(14-24-20)13-16-4-3-5-17(23)12-16/h3-9,12,14H,10-11,13H2,1-2H3. The van der Waals surface area contributed by atoms with Crippen molar-refractivity contribution in [1.29, 1.82) is 0 Å². The van der Waals surface area contributed by atoms with Crippen molar-refractivity contribution in [3.05, 3.63) is 91.8 Å². The number of halogens is 1. The summed E-state index contributed by atoms with van der Waals surface area (Å²) in [5, 5.41) is 0.617. The highest BCUT2D eigenvalue weighted by molar-refractivity contribution is 6.30. The zero-order chi connectivity index (χ0) is 21.3. The number of benzene rings is 2. The zero-order valence-corrected chi connectivity index (χ0v) is 17.5. The van der Waals surface area contributed by atoms with Crippen LogP contribution < -0.4 is 11.2 Å². The zero-order valence-electron chi connectivity index (χ0n) is 16.7. The molecule has 0 saturated carbocycles. The monoisotopic (exact) mass is 424 g/mol. The van der Waals surface area contributed by atoms with Gasteiger partial charge < -0.3 is 9.30 Å². The molecule has 0 aliphatic rings. The van der Waals surface area contributed by atoms with Gasteiger partial charge in [0, 0.05) is 18.7 Å². The van der Waals surface area contributed by atoms with Gasteiger partial charge in [-0.1, -0.05) is 41.4 Å². The second-order valence-corrected chi connectivity index (χ2v) is 7.51. The lowest BCUT2D eigenvalue weighted by Crippen LogP contribution is -2.41. The fourth-order valence-corrected chi connectivity index (χ4v) is 3.65. The quantitative estimate of drug-likeness (QED) is 0.477. The largest absolute Gasteiger partial charge is 0.383 e. The van der Waals surface area contributed by atoms with Crippen LogP contribution in [0.1, 0.15) is 11.1 Å². The van der Waals surface area contributed by atoms with Gasteiger partial charge in [-0.15, -0.1) is 0 Å². The fourth-order valence-electron chi connectivity index (χ4n) is 3.44. The van der Waals surface area contributed by atoms with E-state index in [0.717, 1.165) is 11.1 Å². The van der Waals surface area contributed by atoms with Crippen molar-refractivity contribution in [2.24, 2.45) is 0 Å². The van der Waals surface area contributed by atoms with Crippen LogP contribution in [0.25, 0.3) is 16.9 Å². The van der Waals surface area contributed by atoms with Crippen LogP contribution in [0.3, 0.4) is 0 Å². The summed E-state index contributed by atoms with van der Waals surface area (Å²) in [6, 6.07) is 14.9. The Morgan fingerprint density at radius 1 is 1.10 bits per heavy atom. The van der Waals surface area contributed by atoms with E-state index in [1.54, 1.807) is 17.0 Å². The number of methoxy groups -OCH3 is 1. The summed E-state index contributed by atoms with van der Waals surface area (Å²) in [7, 11) is 1.53. The minimum atomic E-state index is -0.443. The van der Waals surface area contributed by atoms with Gasteiger partial charge in [0.05, 0.1) is 25.2 Å². The number of fused-ring (bicyclic) bond motifs is 1. The summed E-state index contributed by atoms with van der Waals surface area (Å²) < 4.78 is 9.52. The van der Waals surface area contributed by atoms with E-state index in [4.69, 9.17) is 16.3 Å². The van der Waals surface area contributed by atoms with Gasteiger partial charge in [0.15, 0.2) is 11.2 Å². The van der Waals surface area contributed by atoms with E-state index in [9.17, 15) is 9.59 Å². The number of aryl methyl sites for hydroxylation is 1. The molecule has 0 atom stereocenters. The number of hydrogen-bond donors (Lipinski definition) is 0. The Labute approximate surface area is 177 Å². The molecule has 0 aliphatic heterocycles. The summed E-state index contributed by atoms with van der Waals surface area (Å²) in [5.41, 5.74) is 2.49. The predicted molar refractivity (Wildman–Crippen MR) is 117 cm³/mol. The molecule has 154 valence electrons. The van der Waals surface area contributed by atoms with Gasteiger partial charge in [-0.3, -0.25) is 9.36 Å². The van der Waals surface area contributed by atoms with Crippen molar-refractivity contribution < 1.29 is 4.74 Å². The first kappa shape index (κ1) is 20.1. The Bertz CT molecular complexity index is 1320. The maximum atomic E-state index is 13.2. The number of hydrogen-bond acceptors (Lipinski definition) is 4. The lowest BCUT2D eigenvalue weighted by molar-refractivity contribution is 0.184. The first-order valence-electron chi connectivity index (χ1n) is 9.50. The molecule has 0 radical (unpaired) electrons. The summed E-state index contributed by atoms with van der Waals surface area (Å²) in [6.45, 7) is 2.78. The van der Waals surface area contributed by atoms with Crippen LogP contribution in [-0.4, -0.2) is 32.4 Å². The summed E-state index contributed by atoms with van der Waals surface area (Å²) >= 11 is 6.11. The smallest absolute Gasteiger partial charge is 0.337 e. The predicted octanol–water partition coefficient (Wildman–Crippen LogP) is 3.01. The average molecular weight is 425 g/mol. The second-order valence-electron chi connectivity index (χ2n) is 7.08. The molecule has 0 aliphatic carbocycles. The number of ether oxygens (including phenoxy) is 1. The molecule has 0 amide bonds. The Morgan fingerprint density at radius 3 is 2.57 bits per heavy atom. The van der Waals surface area contributed by atoms with E-state index in [1.807, 2.05) is 49.4 Å². The van der Waals surface area contributed by atoms with Crippen LogP contribution in [0.15, 0.2) is 64.4 Å². The Hall–Kier alpha value is -3.16. The molecule has 30 heavy (non-hydrogen) atoms. The molecule has 4 aromatic rings. The van der Waals surface area contributed by atoms with Gasteiger partial charge in [0.25, 0.3) is 5.56 Å². The van der Waals surface area contributed by atoms with E-state index >= 15 is 0 Å². The van der Waals surface area contributed by atoms with Gasteiger partial charge >= 0.3 is 5.69 Å². The molecule has 0 saturated heterocycles. The Balaban J connectivity index is 1.96. The van der Waals surface area contributed by atoms with Crippen molar-refractivity contribution in [3.63, 3.8) is 0 Å². The first-order chi connectivity index (χ1) is 14.5. The van der Waals surface area contributed by atoms with Crippen LogP contribution in [0, 0.1) is 6.92 Å². The number of imidazole rings is 1. The summed E-state index contributed by atoms with van der Waals surface area (Å²) in [5.74, 6) is 0. The second kappa shape index (κ2) is 8.30. The van der Waals surface area contributed by atoms with Crippen LogP contribution in [0.4, 0.5) is 0 Å². The summed E-state index contributed by atoms with van der Waals surface area (Å²) in [6.07, 6.45) is 1.58. The van der Waals surface area contributed by atoms with Crippen LogP contribution in [-0.2, 0) is 17.8 Å². The van der Waals surface area contributed by atoms with E-state index in [0.29, 0.717) is 28.4 Å². The van der Waals surface area contributed by atoms with Gasteiger partial charge in [0.1, 0.15) is 0 Å². The van der Waals surface area contributed by atoms with Crippen LogP contribution in [0.2, 0.25) is 5.02 Å². The SMILES string of the molecule is COCCn1c(=O)c2c(ncn2Cc2cccc(Cl)c2)n(-c2ccc(C)cc2)c1=O. The lowest BCUT2D eigenvalue weighted by atomic mass is 10.2. The Kier molecular flexibility index (Phi) is 5.57. The maximum absolute atomic E-state index is 13.2. The van der Waals surface area contributed by atoms with Crippen LogP contribution in [0.5, 0.6) is 0 Å². The number of aromatic nitrogens is 4. The molecule has 2 aromatic carbocycles. The first-order valence-corrected chi connectivity index (χ1v) is 9.88. The molecule has 0 fully saturated rings. The molecule has 0 unspecified atom stereocenters. The average Bonchev–Trinajstić information content (AvgIpc) is 3.13. The lowest BCUT2D eigenvalue weighted by Gasteiger charge is -2.13. The van der Waals surface area contributed by atoms with Gasteiger partial charge in [-0.25, -0.2) is 14.3 Å². The fraction of sp³-hybridized carbons (Fsp3) is 0.227. The van der Waals surface area contributed by atoms with E-state index in [-0.39, 0.29) is 13.2 Å². The van der Waals surface area contributed by atoms with Gasteiger partial charge in [0.2, 0.25) is 0 Å². The molecular weight excluding hydrogens is 404 g/mol. The number of nitrogens with zero attached hydrogens (tertiary/aromatic N) is 4. The third-order valence-corrected chi connectivity index (χ3v) is 5.19. The molecule has 0 spiro atoms. The molecular formula is C22H21ClN4O3. The minimum absolute atomic E-state index is 0.151. The molecule has 0 N–H and O–H groups in total. The highest BCUT2D eigenvalue weighted by Crippen LogP contribution is 2.17. The third-order valence-electron chi connectivity index (χ3n) is 4.95. The topological polar surface area (TPSA) is 71.1 Å². The highest BCUT2D eigenvalue weighted by Gasteiger charge is 2.19. The number of rotatable bonds is 6. The maximum Gasteiger partial charge on any atom is 0.337 e. The Morgan fingerprint density at radius 2 is 1.87 bits per heavy atom. The van der Waals surface area contributed by atoms with Crippen LogP contribution >= 0.6 is 11.6 Å². The van der Waals surface area contributed by atoms with E-state index in [1.165, 1.54) is 16.2 Å². The van der Waals surface area contributed by atoms with Crippen molar-refractivity contribution in [2.45, 2.75) is 20.0 Å². The molecule has 0 bridgehead atoms. The highest BCUT2D eigenvalue weighted by atomic mass is 35.5. The van der Waals surface area contributed by atoms with E-state index < -0.39 is 11.2 Å². The van der Waals surface area contributed by atoms with Gasteiger partial charge in [-0.2, -0.15) is 0 Å². The third kappa shape index (κ3) is 3.69. The molecule has 2 aromatic heterocycles. The van der Waals surface area contributed by atoms with Crippen molar-refractivity contribution >= 4 is 22.8 Å². The molecule has 4 rings (SSSR count). The van der Waals surface area contributed by atoms with Crippen molar-refractivity contribution in [1.82, 2.24) is 18.7 Å². The van der Waals surface area contributed by atoms with Crippen molar-refractivity contribution in [3.8, 4) is 5.69 Å². The normalized spacial score (nSPS) is 11.3. The minimum Gasteiger partial charge on any atom is -0.383 e. The van der Waals surface area contributed by atoms with E-state index in [2.05, 4.69) is 4.98 Å². The molecule has 8 heteroatoms. The van der Waals surface area contributed by atoms with Crippen molar-refractivity contribution in [2.75, 3.05) is 13.7 Å². The summed E-state index contributed by atoms with van der Waals surface area (Å²) in [4.78, 5) is 30.9. The van der Waals surface area contributed by atoms with Gasteiger partial charge in [-0.05, 0) is 36.8 Å².